The van der Waals surface area contributed by atoms with Gasteiger partial charge in [-0.05, 0) is 18.2 Å². The number of aromatic nitrogens is 3. The number of nitrogens with one attached hydrogen (secondary N) is 1. The summed E-state index contributed by atoms with van der Waals surface area (Å²) in [6, 6.07) is 16.3. The number of nitrogens with zero attached hydrogens (tertiary/aromatic N) is 2. The predicted molar refractivity (Wildman–Crippen MR) is 75.7 cm³/mol. The van der Waals surface area contributed by atoms with E-state index in [4.69, 9.17) is 0 Å². The Kier molecular flexibility index (Phi) is 2.12. The van der Waals surface area contributed by atoms with E-state index in [1.807, 2.05) is 36.5 Å². The van der Waals surface area contributed by atoms with Crippen LogP contribution in [0.2, 0.25) is 0 Å². The summed E-state index contributed by atoms with van der Waals surface area (Å²) < 4.78 is 0. The van der Waals surface area contributed by atoms with Crippen LogP contribution < -0.4 is 0 Å². The fourth-order valence-corrected chi connectivity index (χ4v) is 2.36. The Morgan fingerprint density at radius 1 is 1.00 bits per heavy atom. The maximum absolute atomic E-state index is 4.50. The molecule has 4 rings (SSSR count). The molecule has 0 unspecified atom stereocenters. The largest absolute Gasteiger partial charge is 0.335 e. The minimum absolute atomic E-state index is 0.930. The van der Waals surface area contributed by atoms with E-state index in [0.717, 1.165) is 33.1 Å². The molecule has 0 amide bonds. The molecule has 4 aromatic rings. The average Bonchev–Trinajstić information content (AvgIpc) is 2.95. The second-order valence-electron chi connectivity index (χ2n) is 4.47. The summed E-state index contributed by atoms with van der Waals surface area (Å²) in [4.78, 5) is 11.8. The second-order valence-corrected chi connectivity index (χ2v) is 4.47. The minimum Gasteiger partial charge on any atom is -0.335 e. The van der Waals surface area contributed by atoms with Gasteiger partial charge in [-0.1, -0.05) is 30.3 Å². The molecule has 89 valence electrons. The summed E-state index contributed by atoms with van der Waals surface area (Å²) >= 11 is 0. The SMILES string of the molecule is [c]1nc2c(-c3cnc4ccccc4c3)cccc2[nH]1. The Balaban J connectivity index is 2.01. The van der Waals surface area contributed by atoms with Crippen molar-refractivity contribution < 1.29 is 0 Å². The van der Waals surface area contributed by atoms with Gasteiger partial charge in [-0.2, -0.15) is 0 Å². The number of para-hydroxylation sites is 2. The van der Waals surface area contributed by atoms with Gasteiger partial charge in [0.2, 0.25) is 0 Å². The van der Waals surface area contributed by atoms with E-state index in [-0.39, 0.29) is 0 Å². The van der Waals surface area contributed by atoms with Crippen molar-refractivity contribution in [3.8, 4) is 11.1 Å². The monoisotopic (exact) mass is 244 g/mol. The van der Waals surface area contributed by atoms with Crippen molar-refractivity contribution in [3.05, 3.63) is 61.1 Å². The van der Waals surface area contributed by atoms with Gasteiger partial charge in [0.1, 0.15) is 0 Å². The minimum atomic E-state index is 0.930. The molecular formula is C16H10N3. The first-order valence-electron chi connectivity index (χ1n) is 6.12. The fraction of sp³-hybridized carbons (Fsp3) is 0. The zero-order chi connectivity index (χ0) is 12.7. The number of H-pyrrole nitrogens is 1. The summed E-state index contributed by atoms with van der Waals surface area (Å²) in [6.07, 6.45) is 4.68. The normalized spacial score (nSPS) is 11.2. The first kappa shape index (κ1) is 10.3. The Morgan fingerprint density at radius 2 is 1.95 bits per heavy atom. The molecule has 0 saturated carbocycles. The third kappa shape index (κ3) is 1.59. The van der Waals surface area contributed by atoms with Crippen molar-refractivity contribution in [2.75, 3.05) is 0 Å². The lowest BCUT2D eigenvalue weighted by atomic mass is 10.0. The number of hydrogen-bond acceptors (Lipinski definition) is 2. The van der Waals surface area contributed by atoms with Crippen molar-refractivity contribution in [1.29, 1.82) is 0 Å². The topological polar surface area (TPSA) is 41.6 Å². The van der Waals surface area contributed by atoms with Gasteiger partial charge in [-0.15, -0.1) is 0 Å². The molecule has 1 N–H and O–H groups in total. The number of pyridine rings is 1. The van der Waals surface area contributed by atoms with E-state index < -0.39 is 0 Å². The van der Waals surface area contributed by atoms with Gasteiger partial charge < -0.3 is 4.98 Å². The highest BCUT2D eigenvalue weighted by molar-refractivity contribution is 5.94. The van der Waals surface area contributed by atoms with E-state index in [0.29, 0.717) is 0 Å². The Labute approximate surface area is 110 Å². The van der Waals surface area contributed by atoms with Crippen molar-refractivity contribution >= 4 is 21.9 Å². The van der Waals surface area contributed by atoms with Gasteiger partial charge in [0, 0.05) is 22.7 Å². The lowest BCUT2D eigenvalue weighted by Gasteiger charge is -2.04. The smallest absolute Gasteiger partial charge is 0.174 e. The molecule has 2 heterocycles. The Morgan fingerprint density at radius 3 is 2.95 bits per heavy atom. The van der Waals surface area contributed by atoms with Crippen LogP contribution in [0.3, 0.4) is 0 Å². The molecule has 0 bridgehead atoms. The molecule has 0 aliphatic rings. The van der Waals surface area contributed by atoms with Crippen molar-refractivity contribution in [1.82, 2.24) is 15.0 Å². The quantitative estimate of drug-likeness (QED) is 0.556. The standard InChI is InChI=1S/C16H10N3/c1-2-6-14-11(4-1)8-12(9-17-14)13-5-3-7-15-16(13)19-10-18-15/h1-9H,(H,18,19). The number of fused-ring (bicyclic) bond motifs is 2. The van der Waals surface area contributed by atoms with Gasteiger partial charge in [-0.25, -0.2) is 4.98 Å². The molecule has 0 spiro atoms. The number of aromatic amines is 1. The number of hydrogen-bond donors (Lipinski definition) is 1. The van der Waals surface area contributed by atoms with Gasteiger partial charge in [0.05, 0.1) is 16.6 Å². The van der Waals surface area contributed by atoms with Crippen LogP contribution in [0.4, 0.5) is 0 Å². The van der Waals surface area contributed by atoms with Crippen LogP contribution in [0.15, 0.2) is 54.7 Å². The Hall–Kier alpha value is -2.68. The van der Waals surface area contributed by atoms with Gasteiger partial charge in [0.25, 0.3) is 0 Å². The highest BCUT2D eigenvalue weighted by atomic mass is 14.9. The van der Waals surface area contributed by atoms with E-state index >= 15 is 0 Å². The molecule has 0 atom stereocenters. The summed E-state index contributed by atoms with van der Waals surface area (Å²) in [5.41, 5.74) is 5.08. The third-order valence-electron chi connectivity index (χ3n) is 3.30. The summed E-state index contributed by atoms with van der Waals surface area (Å²) in [5, 5.41) is 1.14. The van der Waals surface area contributed by atoms with Crippen LogP contribution in [0, 0.1) is 6.33 Å². The Bertz CT molecular complexity index is 877. The average molecular weight is 244 g/mol. The molecule has 2 aromatic carbocycles. The van der Waals surface area contributed by atoms with Gasteiger partial charge in [0.15, 0.2) is 6.33 Å². The van der Waals surface area contributed by atoms with Crippen molar-refractivity contribution in [2.45, 2.75) is 0 Å². The van der Waals surface area contributed by atoms with E-state index in [2.05, 4.69) is 39.5 Å². The van der Waals surface area contributed by atoms with Crippen molar-refractivity contribution in [3.63, 3.8) is 0 Å². The summed E-state index contributed by atoms with van der Waals surface area (Å²) in [5.74, 6) is 0. The number of imidazole rings is 1. The number of rotatable bonds is 1. The molecule has 19 heavy (non-hydrogen) atoms. The number of benzene rings is 2. The van der Waals surface area contributed by atoms with Crippen LogP contribution in [-0.4, -0.2) is 15.0 Å². The lowest BCUT2D eigenvalue weighted by Crippen LogP contribution is -1.84. The molecule has 0 fully saturated rings. The highest BCUT2D eigenvalue weighted by Gasteiger charge is 2.07. The maximum Gasteiger partial charge on any atom is 0.174 e. The van der Waals surface area contributed by atoms with Gasteiger partial charge >= 0.3 is 0 Å². The van der Waals surface area contributed by atoms with E-state index in [1.165, 1.54) is 0 Å². The molecule has 0 saturated heterocycles. The zero-order valence-electron chi connectivity index (χ0n) is 10.1. The lowest BCUT2D eigenvalue weighted by molar-refractivity contribution is 1.32. The van der Waals surface area contributed by atoms with Gasteiger partial charge in [-0.3, -0.25) is 4.98 Å². The molecule has 2 aromatic heterocycles. The third-order valence-corrected chi connectivity index (χ3v) is 3.30. The molecule has 3 heteroatoms. The first-order chi connectivity index (χ1) is 9.42. The zero-order valence-corrected chi connectivity index (χ0v) is 10.1. The summed E-state index contributed by atoms with van der Waals surface area (Å²) in [7, 11) is 0. The van der Waals surface area contributed by atoms with Crippen LogP contribution in [0.1, 0.15) is 0 Å². The summed E-state index contributed by atoms with van der Waals surface area (Å²) in [6.45, 7) is 0. The van der Waals surface area contributed by atoms with E-state index in [9.17, 15) is 0 Å². The van der Waals surface area contributed by atoms with Crippen LogP contribution in [0.5, 0.6) is 0 Å². The molecule has 3 nitrogen and oxygen atoms in total. The predicted octanol–water partition coefficient (Wildman–Crippen LogP) is 3.58. The van der Waals surface area contributed by atoms with Crippen molar-refractivity contribution in [2.24, 2.45) is 0 Å². The molecular weight excluding hydrogens is 234 g/mol. The maximum atomic E-state index is 4.50. The first-order valence-corrected chi connectivity index (χ1v) is 6.12. The van der Waals surface area contributed by atoms with Crippen LogP contribution >= 0.6 is 0 Å². The molecule has 0 aliphatic carbocycles. The van der Waals surface area contributed by atoms with Crippen LogP contribution in [0.25, 0.3) is 33.1 Å². The molecule has 1 radical (unpaired) electrons. The molecule has 0 aliphatic heterocycles. The van der Waals surface area contributed by atoms with Crippen LogP contribution in [-0.2, 0) is 0 Å². The second kappa shape index (κ2) is 3.92. The highest BCUT2D eigenvalue weighted by Crippen LogP contribution is 2.27. The fourth-order valence-electron chi connectivity index (χ4n) is 2.36. The van der Waals surface area contributed by atoms with E-state index in [1.54, 1.807) is 0 Å².